The first-order chi connectivity index (χ1) is 8.51. The number of hydrogen-bond acceptors (Lipinski definition) is 3. The average Bonchev–Trinajstić information content (AvgIpc) is 2.29. The van der Waals surface area contributed by atoms with E-state index in [4.69, 9.17) is 11.0 Å². The maximum atomic E-state index is 13.3. The number of carbonyl (C=O) groups is 1. The summed E-state index contributed by atoms with van der Waals surface area (Å²) >= 11 is 0. The highest BCUT2D eigenvalue weighted by atomic mass is 19.1. The van der Waals surface area contributed by atoms with Crippen molar-refractivity contribution in [1.29, 1.82) is 5.26 Å². The topological polar surface area (TPSA) is 78.9 Å². The predicted octanol–water partition coefficient (Wildman–Crippen LogP) is 1.87. The molecule has 1 unspecified atom stereocenters. The number of nitrogens with one attached hydrogen (secondary N) is 1. The van der Waals surface area contributed by atoms with Gasteiger partial charge in [0, 0.05) is 6.54 Å². The summed E-state index contributed by atoms with van der Waals surface area (Å²) < 4.78 is 13.3. The Kier molecular flexibility index (Phi) is 4.81. The van der Waals surface area contributed by atoms with E-state index in [1.54, 1.807) is 6.07 Å². The van der Waals surface area contributed by atoms with Crippen LogP contribution in [0.25, 0.3) is 0 Å². The molecule has 0 heterocycles. The summed E-state index contributed by atoms with van der Waals surface area (Å²) in [6, 6.07) is 5.85. The van der Waals surface area contributed by atoms with Crippen LogP contribution in [0.3, 0.4) is 0 Å². The fraction of sp³-hybridized carbons (Fsp3) is 0.385. The smallest absolute Gasteiger partial charge is 0.229 e. The van der Waals surface area contributed by atoms with Gasteiger partial charge >= 0.3 is 0 Å². The third kappa shape index (κ3) is 3.05. The van der Waals surface area contributed by atoms with E-state index < -0.39 is 5.82 Å². The molecule has 0 saturated heterocycles. The summed E-state index contributed by atoms with van der Waals surface area (Å²) in [5.41, 5.74) is 5.55. The number of hydrogen-bond donors (Lipinski definition) is 2. The molecule has 1 aromatic rings. The van der Waals surface area contributed by atoms with Gasteiger partial charge in [-0.05, 0) is 18.1 Å². The second-order valence-corrected chi connectivity index (χ2v) is 4.35. The summed E-state index contributed by atoms with van der Waals surface area (Å²) in [6.07, 6.45) is 0. The van der Waals surface area contributed by atoms with Gasteiger partial charge in [0.2, 0.25) is 5.91 Å². The molecule has 4 nitrogen and oxygen atoms in total. The first kappa shape index (κ1) is 14.1. The number of nitrogens with zero attached hydrogens (tertiary/aromatic N) is 1. The number of rotatable bonds is 4. The zero-order valence-electron chi connectivity index (χ0n) is 10.4. The Balaban J connectivity index is 2.95. The number of halogens is 1. The van der Waals surface area contributed by atoms with E-state index in [9.17, 15) is 9.18 Å². The van der Waals surface area contributed by atoms with Crippen molar-refractivity contribution < 1.29 is 9.18 Å². The summed E-state index contributed by atoms with van der Waals surface area (Å²) in [6.45, 7) is 3.97. The number of nitriles is 1. The van der Waals surface area contributed by atoms with Gasteiger partial charge in [0.25, 0.3) is 0 Å². The van der Waals surface area contributed by atoms with Crippen molar-refractivity contribution in [2.24, 2.45) is 17.6 Å². The Morgan fingerprint density at radius 3 is 2.72 bits per heavy atom. The van der Waals surface area contributed by atoms with Crippen molar-refractivity contribution in [2.75, 3.05) is 11.9 Å². The number of amides is 1. The van der Waals surface area contributed by atoms with Crippen LogP contribution in [-0.4, -0.2) is 12.5 Å². The van der Waals surface area contributed by atoms with Crippen LogP contribution in [0.2, 0.25) is 0 Å². The van der Waals surface area contributed by atoms with Crippen LogP contribution in [0.5, 0.6) is 0 Å². The minimum atomic E-state index is -0.649. The lowest BCUT2D eigenvalue weighted by molar-refractivity contribution is -0.120. The molecule has 0 radical (unpaired) electrons. The van der Waals surface area contributed by atoms with E-state index >= 15 is 0 Å². The molecule has 18 heavy (non-hydrogen) atoms. The molecule has 1 atom stereocenters. The maximum absolute atomic E-state index is 13.3. The normalized spacial score (nSPS) is 12.0. The fourth-order valence-corrected chi connectivity index (χ4v) is 1.65. The van der Waals surface area contributed by atoms with Crippen LogP contribution in [0, 0.1) is 29.0 Å². The van der Waals surface area contributed by atoms with Crippen molar-refractivity contribution >= 4 is 11.6 Å². The average molecular weight is 249 g/mol. The summed E-state index contributed by atoms with van der Waals surface area (Å²) in [7, 11) is 0. The molecule has 5 heteroatoms. The van der Waals surface area contributed by atoms with Gasteiger partial charge in [0.1, 0.15) is 17.4 Å². The van der Waals surface area contributed by atoms with Crippen molar-refractivity contribution in [1.82, 2.24) is 0 Å². The van der Waals surface area contributed by atoms with Crippen LogP contribution >= 0.6 is 0 Å². The fourth-order valence-electron chi connectivity index (χ4n) is 1.65. The second-order valence-electron chi connectivity index (χ2n) is 4.35. The quantitative estimate of drug-likeness (QED) is 0.854. The van der Waals surface area contributed by atoms with E-state index in [2.05, 4.69) is 5.32 Å². The molecular weight excluding hydrogens is 233 g/mol. The number of anilines is 1. The summed E-state index contributed by atoms with van der Waals surface area (Å²) in [5.74, 6) is -1.23. The molecule has 1 aromatic carbocycles. The lowest BCUT2D eigenvalue weighted by Gasteiger charge is -2.18. The molecule has 3 N–H and O–H groups in total. The van der Waals surface area contributed by atoms with E-state index in [1.165, 1.54) is 18.2 Å². The first-order valence-electron chi connectivity index (χ1n) is 5.70. The molecular formula is C13H16FN3O. The van der Waals surface area contributed by atoms with Crippen LogP contribution in [0.1, 0.15) is 19.4 Å². The second kappa shape index (κ2) is 6.12. The highest BCUT2D eigenvalue weighted by Gasteiger charge is 2.21. The van der Waals surface area contributed by atoms with E-state index in [0.717, 1.165) is 0 Å². The monoisotopic (exact) mass is 249 g/mol. The molecule has 0 aromatic heterocycles. The van der Waals surface area contributed by atoms with Crippen molar-refractivity contribution in [3.8, 4) is 6.07 Å². The van der Waals surface area contributed by atoms with Gasteiger partial charge in [-0.15, -0.1) is 0 Å². The predicted molar refractivity (Wildman–Crippen MR) is 67.1 cm³/mol. The third-order valence-electron chi connectivity index (χ3n) is 2.78. The van der Waals surface area contributed by atoms with Gasteiger partial charge in [-0.2, -0.15) is 5.26 Å². The van der Waals surface area contributed by atoms with Crippen molar-refractivity contribution in [3.63, 3.8) is 0 Å². The zero-order valence-corrected chi connectivity index (χ0v) is 10.4. The molecule has 0 spiro atoms. The molecule has 0 fully saturated rings. The third-order valence-corrected chi connectivity index (χ3v) is 2.78. The van der Waals surface area contributed by atoms with Crippen LogP contribution in [0.15, 0.2) is 18.2 Å². The van der Waals surface area contributed by atoms with Gasteiger partial charge in [0.15, 0.2) is 0 Å². The Hall–Kier alpha value is -1.93. The number of benzene rings is 1. The molecule has 0 saturated carbocycles. The zero-order chi connectivity index (χ0) is 13.7. The summed E-state index contributed by atoms with van der Waals surface area (Å²) in [4.78, 5) is 11.9. The van der Waals surface area contributed by atoms with Crippen molar-refractivity contribution in [3.05, 3.63) is 29.6 Å². The van der Waals surface area contributed by atoms with E-state index in [-0.39, 0.29) is 35.5 Å². The Morgan fingerprint density at radius 1 is 1.56 bits per heavy atom. The molecule has 0 bridgehead atoms. The highest BCUT2D eigenvalue weighted by molar-refractivity contribution is 5.94. The van der Waals surface area contributed by atoms with Crippen LogP contribution < -0.4 is 11.1 Å². The standard InChI is InChI=1S/C13H16FN3O/c1-8(2)9(6-15)13(18)17-12-5-3-4-11(14)10(12)7-16/h3-5,8-9H,6,15H2,1-2H3,(H,17,18). The van der Waals surface area contributed by atoms with Crippen molar-refractivity contribution in [2.45, 2.75) is 13.8 Å². The van der Waals surface area contributed by atoms with Gasteiger partial charge in [-0.1, -0.05) is 19.9 Å². The minimum absolute atomic E-state index is 0.0779. The maximum Gasteiger partial charge on any atom is 0.229 e. The molecule has 0 aliphatic carbocycles. The Labute approximate surface area is 106 Å². The molecule has 1 amide bonds. The Morgan fingerprint density at radius 2 is 2.22 bits per heavy atom. The number of nitrogens with two attached hydrogens (primary N) is 1. The molecule has 1 rings (SSSR count). The van der Waals surface area contributed by atoms with Crippen LogP contribution in [0.4, 0.5) is 10.1 Å². The molecule has 0 aliphatic heterocycles. The van der Waals surface area contributed by atoms with Gasteiger partial charge < -0.3 is 11.1 Å². The van der Waals surface area contributed by atoms with Gasteiger partial charge in [-0.3, -0.25) is 4.79 Å². The van der Waals surface area contributed by atoms with Gasteiger partial charge in [-0.25, -0.2) is 4.39 Å². The van der Waals surface area contributed by atoms with E-state index in [0.29, 0.717) is 0 Å². The first-order valence-corrected chi connectivity index (χ1v) is 5.70. The lowest BCUT2D eigenvalue weighted by atomic mass is 9.95. The lowest BCUT2D eigenvalue weighted by Crippen LogP contribution is -2.33. The largest absolute Gasteiger partial charge is 0.330 e. The molecule has 96 valence electrons. The highest BCUT2D eigenvalue weighted by Crippen LogP contribution is 2.20. The van der Waals surface area contributed by atoms with Crippen LogP contribution in [-0.2, 0) is 4.79 Å². The number of carbonyl (C=O) groups excluding carboxylic acids is 1. The SMILES string of the molecule is CC(C)C(CN)C(=O)Nc1cccc(F)c1C#N. The Bertz CT molecular complexity index is 480. The molecule has 0 aliphatic rings. The minimum Gasteiger partial charge on any atom is -0.330 e. The van der Waals surface area contributed by atoms with Gasteiger partial charge in [0.05, 0.1) is 11.6 Å². The summed E-state index contributed by atoms with van der Waals surface area (Å²) in [5, 5.41) is 11.4. The van der Waals surface area contributed by atoms with E-state index in [1.807, 2.05) is 13.8 Å².